The first-order valence-corrected chi connectivity index (χ1v) is 10.4. The molecule has 0 spiro atoms. The van der Waals surface area contributed by atoms with Crippen LogP contribution in [0.15, 0.2) is 18.2 Å². The van der Waals surface area contributed by atoms with Crippen LogP contribution in [0.5, 0.6) is 0 Å². The average Bonchev–Trinajstić information content (AvgIpc) is 2.34. The number of benzene rings is 1. The molecule has 0 aromatic heterocycles. The summed E-state index contributed by atoms with van der Waals surface area (Å²) in [6.07, 6.45) is 1.79. The highest BCUT2D eigenvalue weighted by Crippen LogP contribution is 2.29. The highest BCUT2D eigenvalue weighted by atomic mass is 35.5. The Hall–Kier alpha value is -0.980. The van der Waals surface area contributed by atoms with Gasteiger partial charge in [0.2, 0.25) is 15.9 Å². The molecule has 1 aromatic carbocycles. The van der Waals surface area contributed by atoms with Crippen LogP contribution in [0.4, 0.5) is 5.69 Å². The SMILES string of the molecule is CC(C)(C)CC(C)(C)NC(=O)CN(c1ccc(Cl)c(Cl)c1)S(C)(=O)=O. The highest BCUT2D eigenvalue weighted by molar-refractivity contribution is 7.92. The van der Waals surface area contributed by atoms with Gasteiger partial charge < -0.3 is 5.32 Å². The molecule has 0 bridgehead atoms. The summed E-state index contributed by atoms with van der Waals surface area (Å²) in [5.41, 5.74) is -0.145. The van der Waals surface area contributed by atoms with Crippen molar-refractivity contribution < 1.29 is 13.2 Å². The Morgan fingerprint density at radius 3 is 2.12 bits per heavy atom. The van der Waals surface area contributed by atoms with Crippen LogP contribution in [-0.2, 0) is 14.8 Å². The maximum absolute atomic E-state index is 12.5. The second kappa shape index (κ2) is 7.72. The Labute approximate surface area is 160 Å². The van der Waals surface area contributed by atoms with E-state index in [1.54, 1.807) is 0 Å². The van der Waals surface area contributed by atoms with E-state index in [1.807, 2.05) is 13.8 Å². The maximum Gasteiger partial charge on any atom is 0.241 e. The number of hydrogen-bond acceptors (Lipinski definition) is 3. The first kappa shape index (κ1) is 22.1. The molecule has 25 heavy (non-hydrogen) atoms. The number of halogens is 2. The van der Waals surface area contributed by atoms with Gasteiger partial charge in [0.15, 0.2) is 0 Å². The van der Waals surface area contributed by atoms with Crippen LogP contribution >= 0.6 is 23.2 Å². The summed E-state index contributed by atoms with van der Waals surface area (Å²) in [5.74, 6) is -0.384. The molecule has 0 radical (unpaired) electrons. The van der Waals surface area contributed by atoms with Gasteiger partial charge in [-0.05, 0) is 43.9 Å². The van der Waals surface area contributed by atoms with Crippen molar-refractivity contribution in [3.63, 3.8) is 0 Å². The zero-order valence-electron chi connectivity index (χ0n) is 15.5. The Morgan fingerprint density at radius 2 is 1.68 bits per heavy atom. The molecule has 8 heteroatoms. The Kier molecular flexibility index (Phi) is 6.81. The Morgan fingerprint density at radius 1 is 1.12 bits per heavy atom. The summed E-state index contributed by atoms with van der Waals surface area (Å²) in [5, 5.41) is 3.44. The molecule has 0 saturated carbocycles. The lowest BCUT2D eigenvalue weighted by Gasteiger charge is -2.34. The fourth-order valence-corrected chi connectivity index (χ4v) is 4.10. The van der Waals surface area contributed by atoms with Crippen molar-refractivity contribution in [3.05, 3.63) is 28.2 Å². The van der Waals surface area contributed by atoms with E-state index < -0.39 is 15.6 Å². The lowest BCUT2D eigenvalue weighted by Crippen LogP contribution is -2.50. The molecule has 5 nitrogen and oxygen atoms in total. The molecule has 1 amide bonds. The van der Waals surface area contributed by atoms with Gasteiger partial charge in [-0.1, -0.05) is 44.0 Å². The minimum absolute atomic E-state index is 0.0248. The normalized spacial score (nSPS) is 12.8. The molecule has 0 saturated heterocycles. The summed E-state index contributed by atoms with van der Waals surface area (Å²) in [6.45, 7) is 9.75. The van der Waals surface area contributed by atoms with Crippen molar-refractivity contribution in [2.75, 3.05) is 17.1 Å². The van der Waals surface area contributed by atoms with Crippen LogP contribution in [0.1, 0.15) is 41.0 Å². The topological polar surface area (TPSA) is 66.5 Å². The number of nitrogens with one attached hydrogen (secondary N) is 1. The second-order valence-corrected chi connectivity index (χ2v) is 10.8. The van der Waals surface area contributed by atoms with E-state index in [0.29, 0.717) is 10.7 Å². The fourth-order valence-electron chi connectivity index (χ4n) is 2.96. The summed E-state index contributed by atoms with van der Waals surface area (Å²) in [4.78, 5) is 12.5. The summed E-state index contributed by atoms with van der Waals surface area (Å²) in [6, 6.07) is 4.44. The predicted molar refractivity (Wildman–Crippen MR) is 105 cm³/mol. The van der Waals surface area contributed by atoms with Crippen molar-refractivity contribution in [3.8, 4) is 0 Å². The standard InChI is InChI=1S/C17H26Cl2N2O3S/c1-16(2,3)11-17(4,5)20-15(22)10-21(25(6,23)24)12-7-8-13(18)14(19)9-12/h7-9H,10-11H2,1-6H3,(H,20,22). The molecule has 1 aromatic rings. The zero-order chi connectivity index (χ0) is 19.6. The first-order chi connectivity index (χ1) is 11.1. The molecular formula is C17H26Cl2N2O3S. The van der Waals surface area contributed by atoms with E-state index in [1.165, 1.54) is 18.2 Å². The molecule has 0 heterocycles. The number of anilines is 1. The van der Waals surface area contributed by atoms with E-state index >= 15 is 0 Å². The van der Waals surface area contributed by atoms with Crippen molar-refractivity contribution >= 4 is 44.8 Å². The molecule has 0 aliphatic carbocycles. The zero-order valence-corrected chi connectivity index (χ0v) is 17.8. The van der Waals surface area contributed by atoms with Crippen LogP contribution in [-0.4, -0.2) is 32.7 Å². The Bertz CT molecular complexity index is 741. The highest BCUT2D eigenvalue weighted by Gasteiger charge is 2.29. The summed E-state index contributed by atoms with van der Waals surface area (Å²) >= 11 is 11.8. The molecule has 0 aliphatic heterocycles. The van der Waals surface area contributed by atoms with Crippen LogP contribution in [0, 0.1) is 5.41 Å². The lowest BCUT2D eigenvalue weighted by atomic mass is 9.82. The number of rotatable bonds is 6. The summed E-state index contributed by atoms with van der Waals surface area (Å²) in [7, 11) is -3.66. The molecular weight excluding hydrogens is 383 g/mol. The molecule has 0 fully saturated rings. The predicted octanol–water partition coefficient (Wildman–Crippen LogP) is 4.09. The molecule has 142 valence electrons. The molecule has 0 aliphatic rings. The number of carbonyl (C=O) groups is 1. The minimum atomic E-state index is -3.66. The molecule has 1 rings (SSSR count). The summed E-state index contributed by atoms with van der Waals surface area (Å²) < 4.78 is 25.3. The van der Waals surface area contributed by atoms with E-state index in [0.717, 1.165) is 17.0 Å². The van der Waals surface area contributed by atoms with Crippen LogP contribution < -0.4 is 9.62 Å². The minimum Gasteiger partial charge on any atom is -0.350 e. The Balaban J connectivity index is 3.00. The van der Waals surface area contributed by atoms with Gasteiger partial charge in [0.05, 0.1) is 22.0 Å². The largest absolute Gasteiger partial charge is 0.350 e. The van der Waals surface area contributed by atoms with Crippen LogP contribution in [0.3, 0.4) is 0 Å². The average molecular weight is 409 g/mol. The van der Waals surface area contributed by atoms with Gasteiger partial charge in [0.25, 0.3) is 0 Å². The maximum atomic E-state index is 12.5. The van der Waals surface area contributed by atoms with Gasteiger partial charge in [0.1, 0.15) is 6.54 Å². The number of hydrogen-bond donors (Lipinski definition) is 1. The van der Waals surface area contributed by atoms with Crippen molar-refractivity contribution in [1.29, 1.82) is 0 Å². The van der Waals surface area contributed by atoms with Gasteiger partial charge in [-0.25, -0.2) is 8.42 Å². The molecule has 0 unspecified atom stereocenters. The molecule has 1 N–H and O–H groups in total. The third-order valence-corrected chi connectivity index (χ3v) is 5.21. The van der Waals surface area contributed by atoms with Gasteiger partial charge in [-0.15, -0.1) is 0 Å². The third kappa shape index (κ3) is 7.42. The van der Waals surface area contributed by atoms with Crippen LogP contribution in [0.25, 0.3) is 0 Å². The van der Waals surface area contributed by atoms with Gasteiger partial charge >= 0.3 is 0 Å². The van der Waals surface area contributed by atoms with E-state index in [2.05, 4.69) is 26.1 Å². The smallest absolute Gasteiger partial charge is 0.241 e. The first-order valence-electron chi connectivity index (χ1n) is 7.84. The van der Waals surface area contributed by atoms with E-state index in [9.17, 15) is 13.2 Å². The number of amides is 1. The van der Waals surface area contributed by atoms with E-state index in [4.69, 9.17) is 23.2 Å². The van der Waals surface area contributed by atoms with Crippen molar-refractivity contribution in [1.82, 2.24) is 5.32 Å². The van der Waals surface area contributed by atoms with Gasteiger partial charge in [0, 0.05) is 5.54 Å². The van der Waals surface area contributed by atoms with E-state index in [-0.39, 0.29) is 22.9 Å². The second-order valence-electron chi connectivity index (χ2n) is 8.04. The van der Waals surface area contributed by atoms with Gasteiger partial charge in [-0.2, -0.15) is 0 Å². The van der Waals surface area contributed by atoms with Crippen molar-refractivity contribution in [2.45, 2.75) is 46.6 Å². The third-order valence-electron chi connectivity index (χ3n) is 3.33. The van der Waals surface area contributed by atoms with Crippen LogP contribution in [0.2, 0.25) is 10.0 Å². The lowest BCUT2D eigenvalue weighted by molar-refractivity contribution is -0.121. The van der Waals surface area contributed by atoms with Gasteiger partial charge in [-0.3, -0.25) is 9.10 Å². The number of nitrogens with zero attached hydrogens (tertiary/aromatic N) is 1. The van der Waals surface area contributed by atoms with Crippen molar-refractivity contribution in [2.24, 2.45) is 5.41 Å². The molecule has 0 atom stereocenters. The fraction of sp³-hybridized carbons (Fsp3) is 0.588. The monoisotopic (exact) mass is 408 g/mol. The number of carbonyl (C=O) groups excluding carboxylic acids is 1. The number of sulfonamides is 1. The quantitative estimate of drug-likeness (QED) is 0.770.